The summed E-state index contributed by atoms with van der Waals surface area (Å²) >= 11 is 0. The molecule has 23 heavy (non-hydrogen) atoms. The fourth-order valence-electron chi connectivity index (χ4n) is 1.86. The first kappa shape index (κ1) is 16.2. The zero-order chi connectivity index (χ0) is 16.7. The average Bonchev–Trinajstić information content (AvgIpc) is 2.55. The van der Waals surface area contributed by atoms with Crippen LogP contribution in [-0.4, -0.2) is 19.1 Å². The third kappa shape index (κ3) is 4.92. The molecule has 2 rings (SSSR count). The van der Waals surface area contributed by atoms with Crippen LogP contribution in [0, 0.1) is 10.1 Å². The molecule has 0 saturated heterocycles. The van der Waals surface area contributed by atoms with E-state index in [0.717, 1.165) is 6.20 Å². The van der Waals surface area contributed by atoms with Gasteiger partial charge in [-0.3, -0.25) is 10.1 Å². The van der Waals surface area contributed by atoms with E-state index in [-0.39, 0.29) is 5.82 Å². The summed E-state index contributed by atoms with van der Waals surface area (Å²) in [7, 11) is 3.15. The maximum absolute atomic E-state index is 10.8. The first-order valence-electron chi connectivity index (χ1n) is 6.78. The summed E-state index contributed by atoms with van der Waals surface area (Å²) in [5.41, 5.74) is 1.39. The van der Waals surface area contributed by atoms with Crippen LogP contribution in [-0.2, 0) is 0 Å². The van der Waals surface area contributed by atoms with Crippen molar-refractivity contribution in [2.24, 2.45) is 0 Å². The smallest absolute Gasteiger partial charge is 0.274 e. The topological polar surface area (TPSA) is 85.7 Å². The van der Waals surface area contributed by atoms with Crippen molar-refractivity contribution in [3.05, 3.63) is 70.7 Å². The number of nitrogens with one attached hydrogen (secondary N) is 2. The van der Waals surface area contributed by atoms with Crippen LogP contribution >= 0.6 is 0 Å². The standard InChI is InChI=1S/C16H17N3O4/c1-22-14-7-3-12(4-8-14)17-16(11-19(20)21)18-13-5-9-15(23-2)10-6-13/h3-11,17-18H,1-2H3. The number of anilines is 2. The second-order valence-electron chi connectivity index (χ2n) is 4.54. The Morgan fingerprint density at radius 3 is 1.61 bits per heavy atom. The summed E-state index contributed by atoms with van der Waals surface area (Å²) in [5, 5.41) is 16.7. The molecule has 2 aromatic carbocycles. The number of hydrogen-bond acceptors (Lipinski definition) is 6. The molecule has 7 nitrogen and oxygen atoms in total. The highest BCUT2D eigenvalue weighted by molar-refractivity contribution is 5.57. The number of rotatable bonds is 7. The van der Waals surface area contributed by atoms with Crippen LogP contribution in [0.4, 0.5) is 11.4 Å². The molecular formula is C16H17N3O4. The second kappa shape index (κ2) is 7.69. The lowest BCUT2D eigenvalue weighted by atomic mass is 10.3. The van der Waals surface area contributed by atoms with E-state index in [1.165, 1.54) is 0 Å². The van der Waals surface area contributed by atoms with Crippen molar-refractivity contribution >= 4 is 11.4 Å². The summed E-state index contributed by atoms with van der Waals surface area (Å²) in [6, 6.07) is 14.1. The van der Waals surface area contributed by atoms with Gasteiger partial charge in [-0.15, -0.1) is 0 Å². The lowest BCUT2D eigenvalue weighted by molar-refractivity contribution is -0.403. The Morgan fingerprint density at radius 2 is 1.30 bits per heavy atom. The molecule has 120 valence electrons. The Labute approximate surface area is 133 Å². The zero-order valence-corrected chi connectivity index (χ0v) is 12.8. The van der Waals surface area contributed by atoms with E-state index in [2.05, 4.69) is 10.6 Å². The first-order chi connectivity index (χ1) is 11.1. The Morgan fingerprint density at radius 1 is 0.913 bits per heavy atom. The number of methoxy groups -OCH3 is 2. The van der Waals surface area contributed by atoms with Crippen molar-refractivity contribution in [2.75, 3.05) is 24.9 Å². The minimum atomic E-state index is -0.525. The van der Waals surface area contributed by atoms with Gasteiger partial charge in [-0.2, -0.15) is 0 Å². The van der Waals surface area contributed by atoms with Gasteiger partial charge in [0.2, 0.25) is 0 Å². The molecule has 2 N–H and O–H groups in total. The molecule has 0 amide bonds. The van der Waals surface area contributed by atoms with Gasteiger partial charge in [0, 0.05) is 11.4 Å². The van der Waals surface area contributed by atoms with Gasteiger partial charge in [-0.25, -0.2) is 0 Å². The van der Waals surface area contributed by atoms with Crippen LogP contribution < -0.4 is 20.1 Å². The van der Waals surface area contributed by atoms with Crippen molar-refractivity contribution in [1.82, 2.24) is 0 Å². The molecule has 0 unspecified atom stereocenters. The Bertz CT molecular complexity index is 630. The maximum atomic E-state index is 10.8. The molecule has 0 radical (unpaired) electrons. The first-order valence-corrected chi connectivity index (χ1v) is 6.78. The van der Waals surface area contributed by atoms with E-state index in [1.54, 1.807) is 62.8 Å². The number of nitrogens with zero attached hydrogens (tertiary/aromatic N) is 1. The summed E-state index contributed by atoms with van der Waals surface area (Å²) in [5.74, 6) is 1.65. The third-order valence-corrected chi connectivity index (χ3v) is 2.97. The Hall–Kier alpha value is -3.22. The second-order valence-corrected chi connectivity index (χ2v) is 4.54. The highest BCUT2D eigenvalue weighted by Crippen LogP contribution is 2.19. The largest absolute Gasteiger partial charge is 0.497 e. The van der Waals surface area contributed by atoms with Crippen molar-refractivity contribution in [3.8, 4) is 11.5 Å². The molecule has 0 spiro atoms. The maximum Gasteiger partial charge on any atom is 0.274 e. The van der Waals surface area contributed by atoms with Crippen LogP contribution in [0.2, 0.25) is 0 Å². The monoisotopic (exact) mass is 315 g/mol. The van der Waals surface area contributed by atoms with E-state index >= 15 is 0 Å². The predicted octanol–water partition coefficient (Wildman–Crippen LogP) is 3.30. The minimum absolute atomic E-state index is 0.241. The Balaban J connectivity index is 2.14. The van der Waals surface area contributed by atoms with E-state index in [4.69, 9.17) is 9.47 Å². The lowest BCUT2D eigenvalue weighted by Crippen LogP contribution is -2.11. The van der Waals surface area contributed by atoms with Gasteiger partial charge in [-0.1, -0.05) is 0 Å². The van der Waals surface area contributed by atoms with Crippen LogP contribution in [0.25, 0.3) is 0 Å². The van der Waals surface area contributed by atoms with Crippen molar-refractivity contribution < 1.29 is 14.4 Å². The zero-order valence-electron chi connectivity index (χ0n) is 12.8. The number of benzene rings is 2. The highest BCUT2D eigenvalue weighted by atomic mass is 16.6. The molecule has 0 aliphatic heterocycles. The van der Waals surface area contributed by atoms with Crippen molar-refractivity contribution in [3.63, 3.8) is 0 Å². The Kier molecular flexibility index (Phi) is 5.40. The van der Waals surface area contributed by atoms with E-state index in [1.807, 2.05) is 0 Å². The SMILES string of the molecule is COc1ccc(NC(=C[N+](=O)[O-])Nc2ccc(OC)cc2)cc1. The molecule has 0 fully saturated rings. The number of nitro groups is 1. The quantitative estimate of drug-likeness (QED) is 0.602. The highest BCUT2D eigenvalue weighted by Gasteiger charge is 2.05. The molecule has 7 heteroatoms. The molecule has 2 aromatic rings. The average molecular weight is 315 g/mol. The van der Waals surface area contributed by atoms with Crippen LogP contribution in [0.3, 0.4) is 0 Å². The van der Waals surface area contributed by atoms with Crippen LogP contribution in [0.5, 0.6) is 11.5 Å². The van der Waals surface area contributed by atoms with E-state index in [9.17, 15) is 10.1 Å². The van der Waals surface area contributed by atoms with Gasteiger partial charge >= 0.3 is 0 Å². The molecule has 0 atom stereocenters. The van der Waals surface area contributed by atoms with Gasteiger partial charge < -0.3 is 20.1 Å². The van der Waals surface area contributed by atoms with E-state index in [0.29, 0.717) is 22.9 Å². The number of hydrogen-bond donors (Lipinski definition) is 2. The molecule has 0 bridgehead atoms. The van der Waals surface area contributed by atoms with E-state index < -0.39 is 4.92 Å². The fraction of sp³-hybridized carbons (Fsp3) is 0.125. The van der Waals surface area contributed by atoms with Gasteiger partial charge in [0.05, 0.1) is 19.1 Å². The van der Waals surface area contributed by atoms with Gasteiger partial charge in [0.25, 0.3) is 6.20 Å². The number of ether oxygens (including phenoxy) is 2. The molecule has 0 heterocycles. The van der Waals surface area contributed by atoms with Gasteiger partial charge in [0.1, 0.15) is 11.5 Å². The minimum Gasteiger partial charge on any atom is -0.497 e. The van der Waals surface area contributed by atoms with Gasteiger partial charge in [0.15, 0.2) is 5.82 Å². The normalized spacial score (nSPS) is 9.65. The lowest BCUT2D eigenvalue weighted by Gasteiger charge is -2.12. The third-order valence-electron chi connectivity index (χ3n) is 2.97. The predicted molar refractivity (Wildman–Crippen MR) is 88.3 cm³/mol. The summed E-state index contributed by atoms with van der Waals surface area (Å²) < 4.78 is 10.2. The summed E-state index contributed by atoms with van der Waals surface area (Å²) in [4.78, 5) is 10.3. The van der Waals surface area contributed by atoms with Crippen LogP contribution in [0.1, 0.15) is 0 Å². The molecular weight excluding hydrogens is 298 g/mol. The molecule has 0 aromatic heterocycles. The molecule has 0 aliphatic carbocycles. The van der Waals surface area contributed by atoms with Crippen molar-refractivity contribution in [1.29, 1.82) is 0 Å². The summed E-state index contributed by atoms with van der Waals surface area (Å²) in [6.07, 6.45) is 0.870. The van der Waals surface area contributed by atoms with Gasteiger partial charge in [-0.05, 0) is 48.5 Å². The molecule has 0 aliphatic rings. The fourth-order valence-corrected chi connectivity index (χ4v) is 1.86. The van der Waals surface area contributed by atoms with Crippen LogP contribution in [0.15, 0.2) is 60.6 Å². The van der Waals surface area contributed by atoms with Crippen molar-refractivity contribution in [2.45, 2.75) is 0 Å². The summed E-state index contributed by atoms with van der Waals surface area (Å²) in [6.45, 7) is 0. The molecule has 0 saturated carbocycles.